The number of nitrogens with zero attached hydrogens (tertiary/aromatic N) is 5. The first-order chi connectivity index (χ1) is 29.9. The zero-order chi connectivity index (χ0) is 40.7. The smallest absolute Gasteiger partial charge is 0.372 e. The molecular formula is C54H45BIN5+2. The van der Waals surface area contributed by atoms with Crippen molar-refractivity contribution in [3.8, 4) is 11.4 Å². The van der Waals surface area contributed by atoms with Gasteiger partial charge in [0.15, 0.2) is 17.5 Å². The van der Waals surface area contributed by atoms with Crippen molar-refractivity contribution in [2.75, 3.05) is 11.9 Å². The number of hydrogen-bond donors (Lipinski definition) is 0. The normalized spacial score (nSPS) is 20.8. The maximum atomic E-state index is 2.88. The molecule has 7 aromatic carbocycles. The average Bonchev–Trinajstić information content (AvgIpc) is 3.86. The number of rotatable bonds is 1. The second-order valence-electron chi connectivity index (χ2n) is 17.8. The van der Waals surface area contributed by atoms with Gasteiger partial charge in [-0.05, 0) is 84.1 Å². The standard InChI is InChI=1S/C54H45BIN5/c1-34-15-12-16-35(2)52(34)55-57(3)46-26-13-23-43-42-30-29-36-17-4-11-27-48(36)61(56)49-28-14-24-44-40-21-8-6-19-38(40)37-18-5-7-20-39(37)41-22-9-10-25-45(41)60(53(44)49)50(61)33-47(42)58-31-32-59(55)54(58)51(43)46/h4-28,31-32,42,47,50H,29-30,33H2,1-3H3/q+2. The fourth-order valence-corrected chi connectivity index (χ4v) is 13.7. The summed E-state index contributed by atoms with van der Waals surface area (Å²) in [5.41, 5.74) is 15.1. The number of imidazole rings is 1. The summed E-state index contributed by atoms with van der Waals surface area (Å²) >= 11 is 2.88. The first-order valence-electron chi connectivity index (χ1n) is 21.9. The Bertz CT molecular complexity index is 3400. The van der Waals surface area contributed by atoms with Crippen LogP contribution in [0.2, 0.25) is 0 Å². The molecule has 0 saturated heterocycles. The van der Waals surface area contributed by atoms with Gasteiger partial charge in [0.25, 0.3) is 28.7 Å². The third kappa shape index (κ3) is 4.74. The van der Waals surface area contributed by atoms with Crippen LogP contribution in [-0.2, 0) is 6.42 Å². The zero-order valence-corrected chi connectivity index (χ0v) is 36.8. The van der Waals surface area contributed by atoms with Gasteiger partial charge in [-0.2, -0.15) is 2.70 Å². The fraction of sp³-hybridized carbons (Fsp3) is 0.167. The summed E-state index contributed by atoms with van der Waals surface area (Å²) in [4.78, 5) is 2.54. The van der Waals surface area contributed by atoms with Gasteiger partial charge in [-0.1, -0.05) is 127 Å². The number of fused-ring (bicyclic) bond motifs is 15. The van der Waals surface area contributed by atoms with Crippen molar-refractivity contribution in [2.24, 2.45) is 0 Å². The molecule has 4 aliphatic heterocycles. The number of hydrogen-bond acceptors (Lipinski definition) is 1. The van der Waals surface area contributed by atoms with Crippen LogP contribution in [-0.4, -0.2) is 23.1 Å². The first kappa shape index (κ1) is 35.8. The number of aryl methyl sites for hydroxylation is 3. The predicted octanol–water partition coefficient (Wildman–Crippen LogP) is 12.5. The van der Waals surface area contributed by atoms with Crippen molar-refractivity contribution >= 4 is 95.7 Å². The Morgan fingerprint density at radius 1 is 0.656 bits per heavy atom. The van der Waals surface area contributed by atoms with Crippen LogP contribution in [0.25, 0.3) is 54.7 Å². The molecule has 0 radical (unpaired) electrons. The van der Waals surface area contributed by atoms with E-state index in [0.717, 1.165) is 19.3 Å². The minimum atomic E-state index is 0.0375. The SMILES string of the molecule is Cc1cccc(C)c1B1N(C)c2cccc3c2-c2n1cc[n+]2C1CC2n4c5ccccc5c5ccccc5c5ccccc5c5cccc(c54)[N+]2(I)c2ccccc2CCC31. The van der Waals surface area contributed by atoms with Crippen molar-refractivity contribution < 1.29 is 4.57 Å². The maximum absolute atomic E-state index is 2.88. The zero-order valence-electron chi connectivity index (χ0n) is 34.6. The Morgan fingerprint density at radius 2 is 1.26 bits per heavy atom. The van der Waals surface area contributed by atoms with E-state index in [1.807, 2.05) is 0 Å². The lowest BCUT2D eigenvalue weighted by Crippen LogP contribution is -2.59. The molecule has 294 valence electrons. The van der Waals surface area contributed by atoms with Gasteiger partial charge in [0.05, 0.1) is 17.5 Å². The molecule has 0 bridgehead atoms. The second kappa shape index (κ2) is 13.1. The molecule has 6 heterocycles. The molecule has 0 saturated carbocycles. The molecule has 0 spiro atoms. The highest BCUT2D eigenvalue weighted by molar-refractivity contribution is 14.1. The van der Waals surface area contributed by atoms with Gasteiger partial charge in [0.1, 0.15) is 24.0 Å². The lowest BCUT2D eigenvalue weighted by Gasteiger charge is -2.40. The Balaban J connectivity index is 1.15. The summed E-state index contributed by atoms with van der Waals surface area (Å²) in [6, 6.07) is 58.0. The van der Waals surface area contributed by atoms with E-state index < -0.39 is 0 Å². The first-order valence-corrected chi connectivity index (χ1v) is 22.8. The van der Waals surface area contributed by atoms with Crippen LogP contribution in [0, 0.1) is 13.8 Å². The highest BCUT2D eigenvalue weighted by Gasteiger charge is 2.56. The summed E-state index contributed by atoms with van der Waals surface area (Å²) in [6.07, 6.45) is 7.90. The van der Waals surface area contributed by atoms with Gasteiger partial charge in [-0.3, -0.25) is 9.05 Å². The van der Waals surface area contributed by atoms with E-state index in [0.29, 0.717) is 8.61 Å². The van der Waals surface area contributed by atoms with Crippen LogP contribution in [0.1, 0.15) is 53.2 Å². The molecule has 9 aromatic rings. The molecule has 4 unspecified atom stereocenters. The topological polar surface area (TPSA) is 17.0 Å². The van der Waals surface area contributed by atoms with Crippen molar-refractivity contribution in [3.63, 3.8) is 0 Å². The number of aromatic nitrogens is 3. The third-order valence-electron chi connectivity index (χ3n) is 14.9. The Labute approximate surface area is 370 Å². The van der Waals surface area contributed by atoms with Gasteiger partial charge in [-0.15, -0.1) is 0 Å². The molecule has 0 N–H and O–H groups in total. The number of anilines is 1. The van der Waals surface area contributed by atoms with Gasteiger partial charge in [0.2, 0.25) is 0 Å². The molecule has 4 atom stereocenters. The minimum Gasteiger partial charge on any atom is -0.372 e. The Hall–Kier alpha value is -5.90. The van der Waals surface area contributed by atoms with Crippen LogP contribution in [0.15, 0.2) is 164 Å². The van der Waals surface area contributed by atoms with Crippen LogP contribution in [0.3, 0.4) is 0 Å². The van der Waals surface area contributed by atoms with E-state index >= 15 is 0 Å². The highest BCUT2D eigenvalue weighted by atomic mass is 127. The van der Waals surface area contributed by atoms with Crippen LogP contribution >= 0.6 is 22.9 Å². The summed E-state index contributed by atoms with van der Waals surface area (Å²) in [6.45, 7) is 4.61. The van der Waals surface area contributed by atoms with Crippen molar-refractivity contribution in [1.82, 2.24) is 11.7 Å². The minimum absolute atomic E-state index is 0.0375. The Kier molecular flexibility index (Phi) is 7.67. The molecule has 2 aromatic heterocycles. The van der Waals surface area contributed by atoms with E-state index in [4.69, 9.17) is 0 Å². The molecule has 0 fully saturated rings. The molecule has 7 heteroatoms. The van der Waals surface area contributed by atoms with E-state index in [2.05, 4.69) is 226 Å². The molecule has 13 rings (SSSR count). The molecule has 0 aliphatic carbocycles. The fourth-order valence-electron chi connectivity index (χ4n) is 12.4. The molecule has 5 nitrogen and oxygen atoms in total. The number of halogens is 1. The molecule has 61 heavy (non-hydrogen) atoms. The van der Waals surface area contributed by atoms with Crippen molar-refractivity contribution in [2.45, 2.75) is 51.2 Å². The van der Waals surface area contributed by atoms with Crippen molar-refractivity contribution in [3.05, 3.63) is 186 Å². The van der Waals surface area contributed by atoms with Gasteiger partial charge in [0, 0.05) is 45.5 Å². The summed E-state index contributed by atoms with van der Waals surface area (Å²) in [7, 11) is 2.30. The van der Waals surface area contributed by atoms with Gasteiger partial charge >= 0.3 is 6.98 Å². The summed E-state index contributed by atoms with van der Waals surface area (Å²) in [5.74, 6) is 1.66. The maximum Gasteiger partial charge on any atom is 0.537 e. The quantitative estimate of drug-likeness (QED) is 0.0694. The van der Waals surface area contributed by atoms with E-state index in [-0.39, 0.29) is 19.2 Å². The lowest BCUT2D eigenvalue weighted by molar-refractivity contribution is -0.718. The van der Waals surface area contributed by atoms with Gasteiger partial charge in [-0.25, -0.2) is 4.57 Å². The van der Waals surface area contributed by atoms with Gasteiger partial charge < -0.3 is 4.81 Å². The summed E-state index contributed by atoms with van der Waals surface area (Å²) in [5, 5.41) is 7.67. The van der Waals surface area contributed by atoms with E-state index in [1.54, 1.807) is 0 Å². The van der Waals surface area contributed by atoms with Crippen LogP contribution in [0.5, 0.6) is 0 Å². The summed E-state index contributed by atoms with van der Waals surface area (Å²) < 4.78 is 8.79. The number of benzene rings is 7. The third-order valence-corrected chi connectivity index (χ3v) is 16.6. The van der Waals surface area contributed by atoms with Crippen molar-refractivity contribution in [1.29, 1.82) is 0 Å². The molecule has 4 aliphatic rings. The van der Waals surface area contributed by atoms with E-state index in [1.165, 1.54) is 99.5 Å². The highest BCUT2D eigenvalue weighted by Crippen LogP contribution is 2.61. The monoisotopic (exact) mass is 901 g/mol. The second-order valence-corrected chi connectivity index (χ2v) is 19.3. The van der Waals surface area contributed by atoms with Crippen LogP contribution in [0.4, 0.5) is 17.1 Å². The van der Waals surface area contributed by atoms with Crippen LogP contribution < -0.4 is 17.5 Å². The van der Waals surface area contributed by atoms with E-state index in [9.17, 15) is 0 Å². The predicted molar refractivity (Wildman–Crippen MR) is 263 cm³/mol. The lowest BCUT2D eigenvalue weighted by atomic mass is 9.60. The Morgan fingerprint density at radius 3 is 2.03 bits per heavy atom. The number of para-hydroxylation sites is 3. The average molecular weight is 902 g/mol. The largest absolute Gasteiger partial charge is 0.537 e. The molecule has 0 amide bonds. The molecular weight excluding hydrogens is 856 g/mol. The number of quaternary nitrogens is 1.